The number of hydrogen-bond acceptors (Lipinski definition) is 4. The molecule has 0 spiro atoms. The van der Waals surface area contributed by atoms with Gasteiger partial charge < -0.3 is 10.1 Å². The molecule has 92 valence electrons. The summed E-state index contributed by atoms with van der Waals surface area (Å²) in [6.45, 7) is 2.38. The van der Waals surface area contributed by atoms with Gasteiger partial charge in [0.25, 0.3) is 0 Å². The average Bonchev–Trinajstić information content (AvgIpc) is 3.11. The van der Waals surface area contributed by atoms with Gasteiger partial charge in [0, 0.05) is 31.2 Å². The molecule has 3 rings (SSSR count). The summed E-state index contributed by atoms with van der Waals surface area (Å²) in [4.78, 5) is 6.98. The van der Waals surface area contributed by atoms with Gasteiger partial charge in [0.2, 0.25) is 5.88 Å². The van der Waals surface area contributed by atoms with Crippen molar-refractivity contribution in [1.29, 1.82) is 0 Å². The Kier molecular flexibility index (Phi) is 2.89. The summed E-state index contributed by atoms with van der Waals surface area (Å²) in [5.74, 6) is 1.60. The van der Waals surface area contributed by atoms with E-state index in [0.717, 1.165) is 18.4 Å². The third-order valence-corrected chi connectivity index (χ3v) is 3.57. The summed E-state index contributed by atoms with van der Waals surface area (Å²) in [6.07, 6.45) is 4.00. The van der Waals surface area contributed by atoms with Gasteiger partial charge in [-0.25, -0.2) is 0 Å². The zero-order chi connectivity index (χ0) is 11.7. The Morgan fingerprint density at radius 1 is 1.35 bits per heavy atom. The van der Waals surface area contributed by atoms with Crippen molar-refractivity contribution in [2.45, 2.75) is 31.3 Å². The number of pyridine rings is 1. The molecule has 1 aliphatic carbocycles. The highest BCUT2D eigenvalue weighted by Crippen LogP contribution is 2.30. The molecule has 4 nitrogen and oxygen atoms in total. The van der Waals surface area contributed by atoms with E-state index in [9.17, 15) is 0 Å². The van der Waals surface area contributed by atoms with E-state index in [1.807, 2.05) is 18.2 Å². The maximum atomic E-state index is 5.13. The van der Waals surface area contributed by atoms with Gasteiger partial charge in [-0.2, -0.15) is 4.98 Å². The Bertz CT molecular complexity index is 392. The molecule has 2 fully saturated rings. The minimum atomic E-state index is 0.537. The van der Waals surface area contributed by atoms with Crippen molar-refractivity contribution in [1.82, 2.24) is 9.88 Å². The normalized spacial score (nSPS) is 24.9. The summed E-state index contributed by atoms with van der Waals surface area (Å²) in [6, 6.07) is 7.26. The zero-order valence-corrected chi connectivity index (χ0v) is 10.2. The molecular weight excluding hydrogens is 214 g/mol. The van der Waals surface area contributed by atoms with Crippen molar-refractivity contribution < 1.29 is 4.74 Å². The molecule has 0 aromatic carbocycles. The van der Waals surface area contributed by atoms with E-state index in [0.29, 0.717) is 11.9 Å². The molecule has 0 bridgehead atoms. The lowest BCUT2D eigenvalue weighted by Crippen LogP contribution is -2.27. The number of rotatable bonds is 4. The Hall–Kier alpha value is -1.29. The van der Waals surface area contributed by atoms with Crippen LogP contribution in [0.5, 0.6) is 5.88 Å². The van der Waals surface area contributed by atoms with Crippen LogP contribution in [0.3, 0.4) is 0 Å². The highest BCUT2D eigenvalue weighted by Gasteiger charge is 2.34. The van der Waals surface area contributed by atoms with Crippen molar-refractivity contribution in [3.63, 3.8) is 0 Å². The predicted molar refractivity (Wildman–Crippen MR) is 67.4 cm³/mol. The standard InChI is InChI=1S/C13H19N3O/c1-17-13-4-2-3-12(15-13)14-10-7-8-16(9-10)11-5-6-11/h2-4,10-11H,5-9H2,1H3,(H,14,15). The molecule has 1 aliphatic heterocycles. The molecule has 1 aromatic heterocycles. The lowest BCUT2D eigenvalue weighted by Gasteiger charge is -2.16. The number of methoxy groups -OCH3 is 1. The maximum absolute atomic E-state index is 5.13. The maximum Gasteiger partial charge on any atom is 0.214 e. The first kappa shape index (κ1) is 10.8. The van der Waals surface area contributed by atoms with E-state index in [1.165, 1.54) is 25.8 Å². The number of nitrogens with one attached hydrogen (secondary N) is 1. The van der Waals surface area contributed by atoms with Crippen molar-refractivity contribution in [2.24, 2.45) is 0 Å². The predicted octanol–water partition coefficient (Wildman–Crippen LogP) is 1.74. The van der Waals surface area contributed by atoms with Crippen LogP contribution >= 0.6 is 0 Å². The smallest absolute Gasteiger partial charge is 0.214 e. The molecule has 0 radical (unpaired) electrons. The SMILES string of the molecule is COc1cccc(NC2CCN(C3CC3)C2)n1. The fourth-order valence-corrected chi connectivity index (χ4v) is 2.49. The first-order valence-corrected chi connectivity index (χ1v) is 6.37. The van der Waals surface area contributed by atoms with Crippen LogP contribution in [-0.4, -0.2) is 42.2 Å². The molecule has 0 amide bonds. The molecule has 17 heavy (non-hydrogen) atoms. The van der Waals surface area contributed by atoms with E-state index >= 15 is 0 Å². The molecule has 2 heterocycles. The van der Waals surface area contributed by atoms with Crippen LogP contribution in [0.1, 0.15) is 19.3 Å². The second-order valence-corrected chi connectivity index (χ2v) is 4.92. The average molecular weight is 233 g/mol. The Morgan fingerprint density at radius 2 is 2.24 bits per heavy atom. The Balaban J connectivity index is 1.59. The molecule has 4 heteroatoms. The van der Waals surface area contributed by atoms with Gasteiger partial charge in [0.1, 0.15) is 5.82 Å². The van der Waals surface area contributed by atoms with Gasteiger partial charge in [-0.3, -0.25) is 4.90 Å². The third-order valence-electron chi connectivity index (χ3n) is 3.57. The van der Waals surface area contributed by atoms with Gasteiger partial charge in [0.05, 0.1) is 7.11 Å². The van der Waals surface area contributed by atoms with E-state index in [-0.39, 0.29) is 0 Å². The Morgan fingerprint density at radius 3 is 3.00 bits per heavy atom. The monoisotopic (exact) mass is 233 g/mol. The molecule has 1 saturated heterocycles. The topological polar surface area (TPSA) is 37.4 Å². The molecular formula is C13H19N3O. The fraction of sp³-hybridized carbons (Fsp3) is 0.615. The molecule has 1 saturated carbocycles. The summed E-state index contributed by atoms with van der Waals surface area (Å²) < 4.78 is 5.13. The number of nitrogens with zero attached hydrogens (tertiary/aromatic N) is 2. The van der Waals surface area contributed by atoms with Crippen LogP contribution in [0, 0.1) is 0 Å². The summed E-state index contributed by atoms with van der Waals surface area (Å²) in [5.41, 5.74) is 0. The lowest BCUT2D eigenvalue weighted by molar-refractivity contribution is 0.326. The number of hydrogen-bond donors (Lipinski definition) is 1. The van der Waals surface area contributed by atoms with Crippen molar-refractivity contribution in [2.75, 3.05) is 25.5 Å². The summed E-state index contributed by atoms with van der Waals surface area (Å²) in [5, 5.41) is 3.50. The number of ether oxygens (including phenoxy) is 1. The lowest BCUT2D eigenvalue weighted by atomic mass is 10.2. The van der Waals surface area contributed by atoms with E-state index in [1.54, 1.807) is 7.11 Å². The highest BCUT2D eigenvalue weighted by molar-refractivity contribution is 5.38. The molecule has 1 aromatic rings. The van der Waals surface area contributed by atoms with Gasteiger partial charge in [0.15, 0.2) is 0 Å². The third kappa shape index (κ3) is 2.52. The van der Waals surface area contributed by atoms with Crippen molar-refractivity contribution in [3.8, 4) is 5.88 Å². The first-order chi connectivity index (χ1) is 8.35. The largest absolute Gasteiger partial charge is 0.481 e. The second-order valence-electron chi connectivity index (χ2n) is 4.92. The second kappa shape index (κ2) is 4.53. The van der Waals surface area contributed by atoms with E-state index in [4.69, 9.17) is 4.74 Å². The van der Waals surface area contributed by atoms with Crippen LogP contribution in [0.2, 0.25) is 0 Å². The molecule has 1 atom stereocenters. The van der Waals surface area contributed by atoms with Crippen LogP contribution < -0.4 is 10.1 Å². The van der Waals surface area contributed by atoms with Gasteiger partial charge >= 0.3 is 0 Å². The van der Waals surface area contributed by atoms with Crippen LogP contribution in [0.25, 0.3) is 0 Å². The van der Waals surface area contributed by atoms with E-state index in [2.05, 4.69) is 15.2 Å². The minimum absolute atomic E-state index is 0.537. The van der Waals surface area contributed by atoms with Gasteiger partial charge in [-0.15, -0.1) is 0 Å². The van der Waals surface area contributed by atoms with Gasteiger partial charge in [-0.1, -0.05) is 6.07 Å². The summed E-state index contributed by atoms with van der Waals surface area (Å²) >= 11 is 0. The molecule has 2 aliphatic rings. The van der Waals surface area contributed by atoms with Crippen molar-refractivity contribution in [3.05, 3.63) is 18.2 Å². The summed E-state index contributed by atoms with van der Waals surface area (Å²) in [7, 11) is 1.65. The van der Waals surface area contributed by atoms with Crippen LogP contribution in [0.15, 0.2) is 18.2 Å². The molecule has 1 N–H and O–H groups in total. The van der Waals surface area contributed by atoms with Crippen LogP contribution in [0.4, 0.5) is 5.82 Å². The number of likely N-dealkylation sites (tertiary alicyclic amines) is 1. The van der Waals surface area contributed by atoms with E-state index < -0.39 is 0 Å². The Labute approximate surface area is 102 Å². The number of aromatic nitrogens is 1. The quantitative estimate of drug-likeness (QED) is 0.859. The zero-order valence-electron chi connectivity index (χ0n) is 10.2. The van der Waals surface area contributed by atoms with Gasteiger partial charge in [-0.05, 0) is 25.3 Å². The van der Waals surface area contributed by atoms with Crippen molar-refractivity contribution >= 4 is 5.82 Å². The number of anilines is 1. The first-order valence-electron chi connectivity index (χ1n) is 6.37. The van der Waals surface area contributed by atoms with Crippen LogP contribution in [-0.2, 0) is 0 Å². The molecule has 1 unspecified atom stereocenters. The fourth-order valence-electron chi connectivity index (χ4n) is 2.49. The minimum Gasteiger partial charge on any atom is -0.481 e. The highest BCUT2D eigenvalue weighted by atomic mass is 16.5.